The van der Waals surface area contributed by atoms with Crippen molar-refractivity contribution in [3.8, 4) is 11.1 Å². The minimum atomic E-state index is -1.16. The van der Waals surface area contributed by atoms with E-state index in [4.69, 9.17) is 9.47 Å². The van der Waals surface area contributed by atoms with Crippen molar-refractivity contribution in [1.82, 2.24) is 5.32 Å². The summed E-state index contributed by atoms with van der Waals surface area (Å²) in [5.41, 5.74) is 3.58. The number of anilines is 2. The minimum absolute atomic E-state index is 0.0192. The Morgan fingerprint density at radius 3 is 2.00 bits per heavy atom. The second kappa shape index (κ2) is 13.1. The summed E-state index contributed by atoms with van der Waals surface area (Å²) in [5.74, 6) is -3.45. The molecule has 0 spiro atoms. The molecule has 3 amide bonds. The maximum absolute atomic E-state index is 14.0. The number of carbonyl (C=O) groups excluding carboxylic acids is 3. The summed E-state index contributed by atoms with van der Waals surface area (Å²) in [4.78, 5) is 39.3. The first kappa shape index (κ1) is 32.2. The van der Waals surface area contributed by atoms with Crippen LogP contribution in [0.4, 0.5) is 25.0 Å². The van der Waals surface area contributed by atoms with E-state index in [2.05, 4.69) is 16.0 Å². The van der Waals surface area contributed by atoms with Crippen molar-refractivity contribution in [1.29, 1.82) is 0 Å². The standard InChI is InChI=1S/C32H37F2N3O5/c1-17-13-18(2)27(19(3)14-17)37-31(40)35-26-16-22(21-10-12-24(33)25(34)15-21)9-11-23(26)29(38)36-28(30(39)41-8)20(4)42-32(5,6)7/h9-16,20,28H,1-8H3,(H,36,38)(H2,35,37,40)/t20-,28+/m1/s1. The summed E-state index contributed by atoms with van der Waals surface area (Å²) in [6.45, 7) is 12.8. The van der Waals surface area contributed by atoms with E-state index in [0.29, 0.717) is 16.8 Å². The van der Waals surface area contributed by atoms with Crippen LogP contribution in [0.5, 0.6) is 0 Å². The fraction of sp³-hybridized carbons (Fsp3) is 0.344. The van der Waals surface area contributed by atoms with Crippen molar-refractivity contribution in [3.63, 3.8) is 0 Å². The van der Waals surface area contributed by atoms with E-state index in [1.807, 2.05) is 53.7 Å². The molecule has 0 aromatic heterocycles. The molecule has 0 aliphatic rings. The monoisotopic (exact) mass is 581 g/mol. The molecule has 3 N–H and O–H groups in total. The lowest BCUT2D eigenvalue weighted by Crippen LogP contribution is -2.51. The Labute approximate surface area is 244 Å². The van der Waals surface area contributed by atoms with Crippen LogP contribution in [0, 0.1) is 32.4 Å². The van der Waals surface area contributed by atoms with E-state index in [-0.39, 0.29) is 11.3 Å². The van der Waals surface area contributed by atoms with Crippen molar-refractivity contribution < 1.29 is 32.6 Å². The fourth-order valence-corrected chi connectivity index (χ4v) is 4.68. The molecule has 224 valence electrons. The van der Waals surface area contributed by atoms with Gasteiger partial charge in [-0.25, -0.2) is 18.4 Å². The van der Waals surface area contributed by atoms with E-state index >= 15 is 0 Å². The SMILES string of the molecule is COC(=O)[C@@H](NC(=O)c1ccc(-c2ccc(F)c(F)c2)cc1NC(=O)Nc1c(C)cc(C)cc1C)[C@@H](C)OC(C)(C)C. The number of halogens is 2. The molecule has 0 aliphatic heterocycles. The van der Waals surface area contributed by atoms with Crippen LogP contribution in [0.3, 0.4) is 0 Å². The molecule has 0 heterocycles. The minimum Gasteiger partial charge on any atom is -0.467 e. The largest absolute Gasteiger partial charge is 0.467 e. The van der Waals surface area contributed by atoms with Crippen LogP contribution >= 0.6 is 0 Å². The first-order valence-electron chi connectivity index (χ1n) is 13.4. The fourth-order valence-electron chi connectivity index (χ4n) is 4.68. The lowest BCUT2D eigenvalue weighted by molar-refractivity contribution is -0.150. The predicted molar refractivity (Wildman–Crippen MR) is 159 cm³/mol. The zero-order valence-corrected chi connectivity index (χ0v) is 25.1. The van der Waals surface area contributed by atoms with Gasteiger partial charge in [0.25, 0.3) is 5.91 Å². The summed E-state index contributed by atoms with van der Waals surface area (Å²) in [6, 6.07) is 9.89. The van der Waals surface area contributed by atoms with Gasteiger partial charge < -0.3 is 25.4 Å². The van der Waals surface area contributed by atoms with Gasteiger partial charge in [-0.3, -0.25) is 4.79 Å². The van der Waals surface area contributed by atoms with Crippen LogP contribution in [-0.4, -0.2) is 42.8 Å². The summed E-state index contributed by atoms with van der Waals surface area (Å²) < 4.78 is 38.4. The molecule has 3 aromatic carbocycles. The van der Waals surface area contributed by atoms with E-state index < -0.39 is 47.3 Å². The van der Waals surface area contributed by atoms with Gasteiger partial charge in [0.15, 0.2) is 17.7 Å². The quantitative estimate of drug-likeness (QED) is 0.258. The molecule has 0 aliphatic carbocycles. The highest BCUT2D eigenvalue weighted by atomic mass is 19.2. The number of amides is 3. The number of carbonyl (C=O) groups is 3. The number of ether oxygens (including phenoxy) is 2. The van der Waals surface area contributed by atoms with Crippen LogP contribution in [-0.2, 0) is 14.3 Å². The van der Waals surface area contributed by atoms with E-state index in [1.165, 1.54) is 31.4 Å². The van der Waals surface area contributed by atoms with E-state index in [1.54, 1.807) is 6.92 Å². The molecule has 0 saturated heterocycles. The van der Waals surface area contributed by atoms with Gasteiger partial charge in [-0.1, -0.05) is 29.8 Å². The second-order valence-electron chi connectivity index (χ2n) is 11.2. The highest BCUT2D eigenvalue weighted by Gasteiger charge is 2.32. The summed E-state index contributed by atoms with van der Waals surface area (Å²) in [6.07, 6.45) is -0.755. The van der Waals surface area contributed by atoms with Crippen molar-refractivity contribution in [2.24, 2.45) is 0 Å². The van der Waals surface area contributed by atoms with Gasteiger partial charge in [0.2, 0.25) is 0 Å². The van der Waals surface area contributed by atoms with E-state index in [0.717, 1.165) is 28.8 Å². The van der Waals surface area contributed by atoms with Crippen LogP contribution in [0.15, 0.2) is 48.5 Å². The number of rotatable bonds is 8. The molecule has 0 unspecified atom stereocenters. The number of hydrogen-bond acceptors (Lipinski definition) is 5. The van der Waals surface area contributed by atoms with Gasteiger partial charge >= 0.3 is 12.0 Å². The molecule has 8 nitrogen and oxygen atoms in total. The molecule has 0 saturated carbocycles. The summed E-state index contributed by atoms with van der Waals surface area (Å²) in [5, 5.41) is 8.18. The van der Waals surface area contributed by atoms with Crippen molar-refractivity contribution in [2.75, 3.05) is 17.7 Å². The zero-order valence-electron chi connectivity index (χ0n) is 25.1. The van der Waals surface area contributed by atoms with Gasteiger partial charge in [0.1, 0.15) is 0 Å². The summed E-state index contributed by atoms with van der Waals surface area (Å²) in [7, 11) is 1.20. The first-order chi connectivity index (χ1) is 19.6. The molecule has 42 heavy (non-hydrogen) atoms. The Kier molecular flexibility index (Phi) is 10.1. The highest BCUT2D eigenvalue weighted by Crippen LogP contribution is 2.28. The van der Waals surface area contributed by atoms with Crippen molar-refractivity contribution in [2.45, 2.75) is 66.2 Å². The van der Waals surface area contributed by atoms with Crippen LogP contribution in [0.2, 0.25) is 0 Å². The average Bonchev–Trinajstić information content (AvgIpc) is 2.89. The molecular weight excluding hydrogens is 544 g/mol. The Hall–Kier alpha value is -4.31. The number of methoxy groups -OCH3 is 1. The van der Waals surface area contributed by atoms with Gasteiger partial charge in [-0.15, -0.1) is 0 Å². The number of aryl methyl sites for hydroxylation is 3. The molecule has 0 radical (unpaired) electrons. The van der Waals surface area contributed by atoms with Crippen LogP contribution in [0.25, 0.3) is 11.1 Å². The smallest absolute Gasteiger partial charge is 0.331 e. The van der Waals surface area contributed by atoms with Gasteiger partial charge in [0.05, 0.1) is 30.1 Å². The van der Waals surface area contributed by atoms with Gasteiger partial charge in [-0.2, -0.15) is 0 Å². The second-order valence-corrected chi connectivity index (χ2v) is 11.2. The number of benzene rings is 3. The molecule has 3 aromatic rings. The number of nitrogens with one attached hydrogen (secondary N) is 3. The van der Waals surface area contributed by atoms with Crippen LogP contribution in [0.1, 0.15) is 54.7 Å². The first-order valence-corrected chi connectivity index (χ1v) is 13.4. The highest BCUT2D eigenvalue weighted by molar-refractivity contribution is 6.08. The predicted octanol–water partition coefficient (Wildman–Crippen LogP) is 6.68. The Bertz CT molecular complexity index is 1480. The molecule has 0 bridgehead atoms. The third-order valence-electron chi connectivity index (χ3n) is 6.43. The van der Waals surface area contributed by atoms with Crippen LogP contribution < -0.4 is 16.0 Å². The molecular formula is C32H37F2N3O5. The Balaban J connectivity index is 2.00. The normalized spacial score (nSPS) is 12.7. The van der Waals surface area contributed by atoms with Gasteiger partial charge in [-0.05, 0) is 95.0 Å². The Morgan fingerprint density at radius 2 is 1.43 bits per heavy atom. The van der Waals surface area contributed by atoms with Crippen molar-refractivity contribution >= 4 is 29.3 Å². The van der Waals surface area contributed by atoms with Crippen molar-refractivity contribution in [3.05, 3.63) is 82.4 Å². The average molecular weight is 582 g/mol. The number of hydrogen-bond donors (Lipinski definition) is 3. The van der Waals surface area contributed by atoms with Gasteiger partial charge in [0, 0.05) is 5.69 Å². The summed E-state index contributed by atoms with van der Waals surface area (Å²) >= 11 is 0. The maximum atomic E-state index is 14.0. The number of esters is 1. The third-order valence-corrected chi connectivity index (χ3v) is 6.43. The maximum Gasteiger partial charge on any atom is 0.331 e. The number of urea groups is 1. The molecule has 0 fully saturated rings. The lowest BCUT2D eigenvalue weighted by atomic mass is 10.0. The topological polar surface area (TPSA) is 106 Å². The molecule has 3 rings (SSSR count). The van der Waals surface area contributed by atoms with E-state index in [9.17, 15) is 23.2 Å². The lowest BCUT2D eigenvalue weighted by Gasteiger charge is -2.30. The third kappa shape index (κ3) is 8.13. The Morgan fingerprint density at radius 1 is 0.833 bits per heavy atom. The molecule has 10 heteroatoms. The zero-order chi connectivity index (χ0) is 31.4. The molecule has 2 atom stereocenters.